The van der Waals surface area contributed by atoms with Crippen LogP contribution in [0, 0.1) is 6.92 Å². The van der Waals surface area contributed by atoms with Crippen molar-refractivity contribution in [3.63, 3.8) is 0 Å². The molecule has 0 radical (unpaired) electrons. The Hall–Kier alpha value is -2.82. The van der Waals surface area contributed by atoms with E-state index < -0.39 is 0 Å². The zero-order valence-electron chi connectivity index (χ0n) is 17.2. The van der Waals surface area contributed by atoms with Crippen molar-refractivity contribution < 1.29 is 14.3 Å². The Morgan fingerprint density at radius 1 is 0.964 bits per heavy atom. The van der Waals surface area contributed by atoms with Crippen LogP contribution < -0.4 is 15.4 Å². The van der Waals surface area contributed by atoms with Crippen LogP contribution >= 0.6 is 0 Å². The lowest BCUT2D eigenvalue weighted by Crippen LogP contribution is -2.32. The van der Waals surface area contributed by atoms with E-state index in [-0.39, 0.29) is 23.7 Å². The molecule has 0 atom stereocenters. The van der Waals surface area contributed by atoms with Gasteiger partial charge in [0.1, 0.15) is 12.4 Å². The highest BCUT2D eigenvalue weighted by Crippen LogP contribution is 2.22. The molecular formula is C23H30N2O3. The highest BCUT2D eigenvalue weighted by molar-refractivity contribution is 5.94. The molecule has 0 fully saturated rings. The fourth-order valence-electron chi connectivity index (χ4n) is 2.67. The molecule has 5 nitrogen and oxygen atoms in total. The molecule has 0 bridgehead atoms. The summed E-state index contributed by atoms with van der Waals surface area (Å²) in [6.45, 7) is 9.52. The van der Waals surface area contributed by atoms with Gasteiger partial charge in [0, 0.05) is 18.5 Å². The molecule has 0 unspecified atom stereocenters. The number of aryl methyl sites for hydroxylation is 1. The Morgan fingerprint density at radius 3 is 2.32 bits per heavy atom. The average molecular weight is 383 g/mol. The standard InChI is InChI=1S/C23H30N2O3/c1-17-6-5-7-20(16-17)28-15-14-24-21(26)12-13-25-22(27)18-8-10-19(11-9-18)23(2,3)4/h5-11,16H,12-15H2,1-4H3,(H,24,26)(H,25,27). The van der Waals surface area contributed by atoms with Crippen molar-refractivity contribution in [2.75, 3.05) is 19.7 Å². The van der Waals surface area contributed by atoms with Gasteiger partial charge in [-0.05, 0) is 47.7 Å². The molecule has 28 heavy (non-hydrogen) atoms. The lowest BCUT2D eigenvalue weighted by molar-refractivity contribution is -0.121. The topological polar surface area (TPSA) is 67.4 Å². The predicted molar refractivity (Wildman–Crippen MR) is 112 cm³/mol. The minimum absolute atomic E-state index is 0.0517. The first-order chi connectivity index (χ1) is 13.3. The largest absolute Gasteiger partial charge is 0.492 e. The van der Waals surface area contributed by atoms with E-state index in [2.05, 4.69) is 31.4 Å². The van der Waals surface area contributed by atoms with E-state index in [1.807, 2.05) is 55.5 Å². The SMILES string of the molecule is Cc1cccc(OCCNC(=O)CCNC(=O)c2ccc(C(C)(C)C)cc2)c1. The third kappa shape index (κ3) is 7.06. The van der Waals surface area contributed by atoms with Gasteiger partial charge in [-0.1, -0.05) is 45.0 Å². The van der Waals surface area contributed by atoms with Crippen LogP contribution in [0.1, 0.15) is 48.7 Å². The molecule has 2 rings (SSSR count). The highest BCUT2D eigenvalue weighted by Gasteiger charge is 2.14. The van der Waals surface area contributed by atoms with Crippen molar-refractivity contribution >= 4 is 11.8 Å². The van der Waals surface area contributed by atoms with Gasteiger partial charge >= 0.3 is 0 Å². The Bertz CT molecular complexity index is 792. The van der Waals surface area contributed by atoms with Crippen molar-refractivity contribution in [1.82, 2.24) is 10.6 Å². The molecule has 0 aliphatic carbocycles. The van der Waals surface area contributed by atoms with Gasteiger partial charge in [-0.25, -0.2) is 0 Å². The molecule has 0 spiro atoms. The van der Waals surface area contributed by atoms with Crippen molar-refractivity contribution in [3.05, 3.63) is 65.2 Å². The van der Waals surface area contributed by atoms with Gasteiger partial charge in [0.05, 0.1) is 6.54 Å². The molecule has 0 aromatic heterocycles. The summed E-state index contributed by atoms with van der Waals surface area (Å²) in [5.41, 5.74) is 2.96. The summed E-state index contributed by atoms with van der Waals surface area (Å²) in [5, 5.41) is 5.57. The Kier molecular flexibility index (Phi) is 7.61. The maximum atomic E-state index is 12.2. The van der Waals surface area contributed by atoms with Gasteiger partial charge < -0.3 is 15.4 Å². The lowest BCUT2D eigenvalue weighted by atomic mass is 9.87. The van der Waals surface area contributed by atoms with Crippen molar-refractivity contribution in [2.45, 2.75) is 39.5 Å². The second kappa shape index (κ2) is 9.93. The summed E-state index contributed by atoms with van der Waals surface area (Å²) in [6, 6.07) is 15.3. The normalized spacial score (nSPS) is 11.0. The van der Waals surface area contributed by atoms with Gasteiger partial charge in [0.15, 0.2) is 0 Å². The maximum Gasteiger partial charge on any atom is 0.251 e. The van der Waals surface area contributed by atoms with Gasteiger partial charge in [0.25, 0.3) is 5.91 Å². The zero-order valence-corrected chi connectivity index (χ0v) is 17.2. The molecule has 2 aromatic carbocycles. The van der Waals surface area contributed by atoms with Crippen LogP contribution in [0.2, 0.25) is 0 Å². The van der Waals surface area contributed by atoms with Crippen molar-refractivity contribution in [1.29, 1.82) is 0 Å². The first-order valence-electron chi connectivity index (χ1n) is 9.60. The van der Waals surface area contributed by atoms with Crippen LogP contribution in [-0.4, -0.2) is 31.5 Å². The fraction of sp³-hybridized carbons (Fsp3) is 0.391. The molecule has 0 aliphatic rings. The molecule has 0 saturated carbocycles. The van der Waals surface area contributed by atoms with Gasteiger partial charge in [-0.15, -0.1) is 0 Å². The Labute approximate surface area is 167 Å². The second-order valence-electron chi connectivity index (χ2n) is 7.85. The number of carbonyl (C=O) groups is 2. The number of hydrogen-bond donors (Lipinski definition) is 2. The third-order valence-electron chi connectivity index (χ3n) is 4.33. The lowest BCUT2D eigenvalue weighted by Gasteiger charge is -2.19. The minimum Gasteiger partial charge on any atom is -0.492 e. The van der Waals surface area contributed by atoms with Crippen LogP contribution in [-0.2, 0) is 10.2 Å². The first-order valence-corrected chi connectivity index (χ1v) is 9.60. The molecule has 5 heteroatoms. The van der Waals surface area contributed by atoms with Crippen molar-refractivity contribution in [3.8, 4) is 5.75 Å². The van der Waals surface area contributed by atoms with Crippen LogP contribution in [0.3, 0.4) is 0 Å². The third-order valence-corrected chi connectivity index (χ3v) is 4.33. The van der Waals surface area contributed by atoms with Crippen LogP contribution in [0.25, 0.3) is 0 Å². The summed E-state index contributed by atoms with van der Waals surface area (Å²) >= 11 is 0. The maximum absolute atomic E-state index is 12.2. The first kappa shape index (κ1) is 21.5. The summed E-state index contributed by atoms with van der Waals surface area (Å²) in [6.07, 6.45) is 0.232. The monoisotopic (exact) mass is 382 g/mol. The Morgan fingerprint density at radius 2 is 1.68 bits per heavy atom. The van der Waals surface area contributed by atoms with Crippen molar-refractivity contribution in [2.24, 2.45) is 0 Å². The number of hydrogen-bond acceptors (Lipinski definition) is 3. The second-order valence-corrected chi connectivity index (χ2v) is 7.85. The number of ether oxygens (including phenoxy) is 1. The van der Waals surface area contributed by atoms with Crippen LogP contribution in [0.5, 0.6) is 5.75 Å². The smallest absolute Gasteiger partial charge is 0.251 e. The van der Waals surface area contributed by atoms with Crippen LogP contribution in [0.4, 0.5) is 0 Å². The molecule has 150 valence electrons. The van der Waals surface area contributed by atoms with E-state index in [4.69, 9.17) is 4.74 Å². The number of amides is 2. The summed E-state index contributed by atoms with van der Waals surface area (Å²) < 4.78 is 5.59. The molecule has 0 heterocycles. The summed E-state index contributed by atoms with van der Waals surface area (Å²) in [7, 11) is 0. The zero-order chi connectivity index (χ0) is 20.6. The fourth-order valence-corrected chi connectivity index (χ4v) is 2.67. The quantitative estimate of drug-likeness (QED) is 0.686. The molecule has 2 amide bonds. The molecule has 0 aliphatic heterocycles. The molecule has 0 saturated heterocycles. The predicted octanol–water partition coefficient (Wildman–Crippen LogP) is 3.61. The summed E-state index contributed by atoms with van der Waals surface area (Å²) in [4.78, 5) is 24.0. The van der Waals surface area contributed by atoms with E-state index in [1.54, 1.807) is 0 Å². The van der Waals surface area contributed by atoms with Crippen LogP contribution in [0.15, 0.2) is 48.5 Å². The van der Waals surface area contributed by atoms with E-state index in [0.717, 1.165) is 11.3 Å². The average Bonchev–Trinajstić information content (AvgIpc) is 2.64. The van der Waals surface area contributed by atoms with Gasteiger partial charge in [-0.3, -0.25) is 9.59 Å². The molecule has 2 N–H and O–H groups in total. The van der Waals surface area contributed by atoms with E-state index >= 15 is 0 Å². The highest BCUT2D eigenvalue weighted by atomic mass is 16.5. The van der Waals surface area contributed by atoms with Gasteiger partial charge in [-0.2, -0.15) is 0 Å². The Balaban J connectivity index is 1.64. The van der Waals surface area contributed by atoms with E-state index in [9.17, 15) is 9.59 Å². The van der Waals surface area contributed by atoms with E-state index in [0.29, 0.717) is 25.3 Å². The number of nitrogens with one attached hydrogen (secondary N) is 2. The van der Waals surface area contributed by atoms with E-state index in [1.165, 1.54) is 5.56 Å². The number of carbonyl (C=O) groups excluding carboxylic acids is 2. The summed E-state index contributed by atoms with van der Waals surface area (Å²) in [5.74, 6) is 0.506. The number of rotatable bonds is 8. The number of benzene rings is 2. The minimum atomic E-state index is -0.170. The van der Waals surface area contributed by atoms with Gasteiger partial charge in [0.2, 0.25) is 5.91 Å². The molecular weight excluding hydrogens is 352 g/mol. The molecule has 2 aromatic rings.